The Morgan fingerprint density at radius 2 is 1.60 bits per heavy atom. The molecule has 5 heteroatoms. The van der Waals surface area contributed by atoms with Crippen LogP contribution in [0.1, 0.15) is 0 Å². The molecule has 0 aromatic rings. The molecule has 0 heterocycles. The number of hydrogen-bond acceptors (Lipinski definition) is 0. The summed E-state index contributed by atoms with van der Waals surface area (Å²) in [7, 11) is 1.27. The molecule has 0 nitrogen and oxygen atoms in total. The summed E-state index contributed by atoms with van der Waals surface area (Å²) in [5.74, 6) is 0. The van der Waals surface area contributed by atoms with E-state index in [9.17, 15) is 0 Å². The van der Waals surface area contributed by atoms with Gasteiger partial charge in [0.2, 0.25) is 0 Å². The summed E-state index contributed by atoms with van der Waals surface area (Å²) in [6.45, 7) is 0. The van der Waals surface area contributed by atoms with E-state index in [1.54, 1.807) is 22.1 Å². The molecular formula is H9BBiPbSiTe. The fraction of sp³-hybridized carbons (Fsp3) is 0. The molecule has 0 aromatic carbocycles. The normalized spacial score (nSPS) is 3.40. The first-order valence-electron chi connectivity index (χ1n) is 0.836. The van der Waals surface area contributed by atoms with Crippen LogP contribution in [0.15, 0.2) is 0 Å². The second-order valence-electron chi connectivity index (χ2n) is 0.258. The van der Waals surface area contributed by atoms with Crippen LogP contribution in [0, 0.1) is 0 Å². The average Bonchev–Trinajstić information content (AvgIpc) is 0.918. The van der Waals surface area contributed by atoms with Gasteiger partial charge in [0.05, 0.1) is 0 Å². The SMILES string of the molecule is [BiH3].[PbH2].[SiH3][B][TeH]. The van der Waals surface area contributed by atoms with Gasteiger partial charge in [0, 0.05) is 0 Å². The molecule has 0 fully saturated rings. The van der Waals surface area contributed by atoms with E-state index in [1.165, 1.54) is 10.1 Å². The fourth-order valence-corrected chi connectivity index (χ4v) is 0. The molecule has 0 atom stereocenters. The van der Waals surface area contributed by atoms with Crippen LogP contribution in [0.3, 0.4) is 0 Å². The average molecular weight is 592 g/mol. The van der Waals surface area contributed by atoms with Gasteiger partial charge in [0.25, 0.3) is 0 Å². The Balaban J connectivity index is -0.0000000200. The van der Waals surface area contributed by atoms with E-state index in [1.807, 2.05) is 0 Å². The van der Waals surface area contributed by atoms with Crippen molar-refractivity contribution in [1.82, 2.24) is 0 Å². The Labute approximate surface area is 88.8 Å². The predicted molar refractivity (Wildman–Crippen MR) is 41.3 cm³/mol. The molecule has 0 saturated carbocycles. The van der Waals surface area contributed by atoms with Crippen LogP contribution >= 0.6 is 0 Å². The summed E-state index contributed by atoms with van der Waals surface area (Å²) >= 11 is 1.79. The van der Waals surface area contributed by atoms with Crippen molar-refractivity contribution < 1.29 is 0 Å². The molecule has 0 bridgehead atoms. The van der Waals surface area contributed by atoms with Gasteiger partial charge in [-0.2, -0.15) is 0 Å². The molecule has 0 amide bonds. The zero-order valence-electron chi connectivity index (χ0n) is 3.44. The topological polar surface area (TPSA) is 0 Å². The van der Waals surface area contributed by atoms with Crippen molar-refractivity contribution in [2.75, 3.05) is 0 Å². The van der Waals surface area contributed by atoms with Gasteiger partial charge in [-0.1, -0.05) is 0 Å². The standard InChI is InChI=1S/BH4SiTe.Bi.Pb.5H/c2-1-3;;;;;;;/h3H,2H3;;;;;;;. The Kier molecular flexibility index (Phi) is 49.5. The van der Waals surface area contributed by atoms with Gasteiger partial charge in [0.15, 0.2) is 0 Å². The Bertz CT molecular complexity index is 11.6. The summed E-state index contributed by atoms with van der Waals surface area (Å²) < 4.78 is 2.19. The van der Waals surface area contributed by atoms with Crippen molar-refractivity contribution in [2.24, 2.45) is 0 Å². The van der Waals surface area contributed by atoms with E-state index < -0.39 is 0 Å². The van der Waals surface area contributed by atoms with Crippen molar-refractivity contribution in [3.63, 3.8) is 0 Å². The first kappa shape index (κ1) is 15.7. The third-order valence-corrected chi connectivity index (χ3v) is 0. The zero-order chi connectivity index (χ0) is 2.71. The van der Waals surface area contributed by atoms with Crippen LogP contribution < -0.4 is 0 Å². The number of rotatable bonds is 0. The molecule has 0 N–H and O–H groups in total. The summed E-state index contributed by atoms with van der Waals surface area (Å²) in [5.41, 5.74) is 0. The molecule has 5 heavy (non-hydrogen) atoms. The molecule has 0 aliphatic carbocycles. The molecule has 31 valence electrons. The van der Waals surface area contributed by atoms with Crippen molar-refractivity contribution >= 4 is 90.5 Å². The van der Waals surface area contributed by atoms with Crippen LogP contribution in [0.2, 0.25) is 0 Å². The first-order chi connectivity index (χ1) is 1.41. The van der Waals surface area contributed by atoms with Gasteiger partial charge in [-0.3, -0.25) is 0 Å². The fourth-order valence-electron chi connectivity index (χ4n) is 0. The molecule has 0 saturated heterocycles. The first-order valence-corrected chi connectivity index (χ1v) is 3.46. The number of hydrogen-bond donors (Lipinski definition) is 0. The van der Waals surface area contributed by atoms with Crippen molar-refractivity contribution in [3.05, 3.63) is 0 Å². The molecule has 0 spiro atoms. The predicted octanol–water partition coefficient (Wildman–Crippen LogP) is -4.31. The van der Waals surface area contributed by atoms with Gasteiger partial charge in [-0.05, 0) is 0 Å². The van der Waals surface area contributed by atoms with Crippen LogP contribution in [0.4, 0.5) is 0 Å². The van der Waals surface area contributed by atoms with Crippen molar-refractivity contribution in [2.45, 2.75) is 0 Å². The maximum absolute atomic E-state index is 2.19. The summed E-state index contributed by atoms with van der Waals surface area (Å²) in [5, 5.41) is 0. The summed E-state index contributed by atoms with van der Waals surface area (Å²) in [6, 6.07) is 0. The molecule has 0 rings (SSSR count). The van der Waals surface area contributed by atoms with Crippen LogP contribution in [-0.4, -0.2) is 90.5 Å². The Hall–Kier alpha value is 2.88. The molecule has 0 aromatic heterocycles. The van der Waals surface area contributed by atoms with E-state index in [0.717, 1.165) is 0 Å². The van der Waals surface area contributed by atoms with Gasteiger partial charge in [-0.25, -0.2) is 0 Å². The van der Waals surface area contributed by atoms with Gasteiger partial charge < -0.3 is 0 Å². The summed E-state index contributed by atoms with van der Waals surface area (Å²) in [4.78, 5) is 0. The van der Waals surface area contributed by atoms with Gasteiger partial charge in [-0.15, -0.1) is 0 Å². The van der Waals surface area contributed by atoms with Crippen LogP contribution in [0.25, 0.3) is 0 Å². The van der Waals surface area contributed by atoms with E-state index >= 15 is 0 Å². The molecule has 0 unspecified atom stereocenters. The molecular weight excluding hydrogens is 583 g/mol. The minimum atomic E-state index is 0. The van der Waals surface area contributed by atoms with Crippen LogP contribution in [0.5, 0.6) is 0 Å². The van der Waals surface area contributed by atoms with E-state index in [0.29, 0.717) is 0 Å². The second-order valence-corrected chi connectivity index (χ2v) is 5.20. The monoisotopic (exact) mass is 595 g/mol. The second kappa shape index (κ2) is 15.8. The molecule has 3 radical (unpaired) electrons. The zero-order valence-corrected chi connectivity index (χ0v) is 19.0. The third-order valence-electron chi connectivity index (χ3n) is 0. The molecule has 0 aliphatic rings. The van der Waals surface area contributed by atoms with Crippen LogP contribution in [-0.2, 0) is 0 Å². The Morgan fingerprint density at radius 1 is 1.60 bits per heavy atom. The van der Waals surface area contributed by atoms with Gasteiger partial charge >= 0.3 is 90.5 Å². The molecule has 0 aliphatic heterocycles. The van der Waals surface area contributed by atoms with E-state index in [-0.39, 0.29) is 53.5 Å². The minimum absolute atomic E-state index is 0. The van der Waals surface area contributed by atoms with Crippen molar-refractivity contribution in [3.8, 4) is 0 Å². The van der Waals surface area contributed by atoms with E-state index in [2.05, 4.69) is 4.77 Å². The third kappa shape index (κ3) is 19.8. The Morgan fingerprint density at radius 3 is 1.60 bits per heavy atom. The van der Waals surface area contributed by atoms with Crippen molar-refractivity contribution in [1.29, 1.82) is 0 Å². The maximum atomic E-state index is 2.19. The van der Waals surface area contributed by atoms with Gasteiger partial charge in [0.1, 0.15) is 0 Å². The quantitative estimate of drug-likeness (QED) is 0.250. The van der Waals surface area contributed by atoms with E-state index in [4.69, 9.17) is 0 Å². The summed E-state index contributed by atoms with van der Waals surface area (Å²) in [6.07, 6.45) is 0.